The van der Waals surface area contributed by atoms with Crippen LogP contribution in [0.1, 0.15) is 30.8 Å². The first-order valence-corrected chi connectivity index (χ1v) is 12.2. The number of benzene rings is 2. The van der Waals surface area contributed by atoms with E-state index in [1.807, 2.05) is 0 Å². The molecular formula is C20H24F3INO6P. The maximum Gasteiger partial charge on any atom is 0.416 e. The van der Waals surface area contributed by atoms with Crippen LogP contribution in [0.25, 0.3) is 0 Å². The van der Waals surface area contributed by atoms with E-state index in [0.717, 1.165) is 12.1 Å². The van der Waals surface area contributed by atoms with Gasteiger partial charge in [0.2, 0.25) is 5.75 Å². The van der Waals surface area contributed by atoms with Gasteiger partial charge in [-0.05, 0) is 72.3 Å². The standard InChI is InChI=1S/C20H24F3INO6P/c1-5-30-32(27,31-6-2)19(12-9-16(28-3)18(26)17(10-12)29-4)25-15-8-7-13(11-14(15)24)20(21,22)23/h7-11,19,25-26H,5-6H2,1-4H3. The number of rotatable bonds is 10. The second-order valence-electron chi connectivity index (χ2n) is 6.39. The predicted octanol–water partition coefficient (Wildman–Crippen LogP) is 6.41. The van der Waals surface area contributed by atoms with Crippen LogP contribution in [0.15, 0.2) is 30.3 Å². The fraction of sp³-hybridized carbons (Fsp3) is 0.400. The van der Waals surface area contributed by atoms with Gasteiger partial charge >= 0.3 is 13.8 Å². The number of anilines is 1. The van der Waals surface area contributed by atoms with Crippen molar-refractivity contribution in [2.24, 2.45) is 0 Å². The fourth-order valence-corrected chi connectivity index (χ4v) is 5.49. The summed E-state index contributed by atoms with van der Waals surface area (Å²) in [7, 11) is -1.21. The number of alkyl halides is 3. The van der Waals surface area contributed by atoms with Crippen LogP contribution in [0.5, 0.6) is 17.2 Å². The third-order valence-corrected chi connectivity index (χ3v) is 7.53. The van der Waals surface area contributed by atoms with Gasteiger partial charge in [0, 0.05) is 9.26 Å². The summed E-state index contributed by atoms with van der Waals surface area (Å²) in [6, 6.07) is 6.00. The molecule has 0 bridgehead atoms. The minimum absolute atomic E-state index is 0.0489. The van der Waals surface area contributed by atoms with Crippen LogP contribution < -0.4 is 14.8 Å². The van der Waals surface area contributed by atoms with Crippen molar-refractivity contribution < 1.29 is 41.4 Å². The molecule has 0 heterocycles. The molecule has 2 aromatic carbocycles. The Kier molecular flexibility index (Phi) is 9.09. The zero-order valence-corrected chi connectivity index (χ0v) is 20.9. The third-order valence-electron chi connectivity index (χ3n) is 4.34. The average Bonchev–Trinajstić information content (AvgIpc) is 2.72. The molecule has 32 heavy (non-hydrogen) atoms. The van der Waals surface area contributed by atoms with Crippen LogP contribution in [0.4, 0.5) is 18.9 Å². The number of halogens is 4. The molecular weight excluding hydrogens is 565 g/mol. The Morgan fingerprint density at radius 2 is 1.59 bits per heavy atom. The Morgan fingerprint density at radius 1 is 1.06 bits per heavy atom. The molecule has 0 fully saturated rings. The summed E-state index contributed by atoms with van der Waals surface area (Å²) in [6.45, 7) is 3.41. The molecule has 0 spiro atoms. The maximum absolute atomic E-state index is 13.7. The molecule has 0 saturated carbocycles. The molecule has 0 aliphatic heterocycles. The number of hydrogen-bond donors (Lipinski definition) is 2. The summed E-state index contributed by atoms with van der Waals surface area (Å²) in [5, 5.41) is 13.2. The molecule has 0 aliphatic carbocycles. The van der Waals surface area contributed by atoms with Gasteiger partial charge in [-0.1, -0.05) is 0 Å². The zero-order chi connectivity index (χ0) is 24.1. The molecule has 7 nitrogen and oxygen atoms in total. The summed E-state index contributed by atoms with van der Waals surface area (Å²) < 4.78 is 74.5. The molecule has 0 saturated heterocycles. The minimum atomic E-state index is -4.50. The highest BCUT2D eigenvalue weighted by Crippen LogP contribution is 2.62. The molecule has 0 aliphatic rings. The van der Waals surface area contributed by atoms with Gasteiger partial charge < -0.3 is 28.9 Å². The first-order valence-electron chi connectivity index (χ1n) is 9.47. The van der Waals surface area contributed by atoms with Crippen molar-refractivity contribution >= 4 is 35.9 Å². The van der Waals surface area contributed by atoms with Gasteiger partial charge in [0.15, 0.2) is 17.3 Å². The minimum Gasteiger partial charge on any atom is -0.502 e. The van der Waals surface area contributed by atoms with Gasteiger partial charge in [0.05, 0.1) is 33.0 Å². The quantitative estimate of drug-likeness (QED) is 0.245. The Hall–Kier alpha value is -1.69. The van der Waals surface area contributed by atoms with E-state index in [1.165, 1.54) is 32.4 Å². The predicted molar refractivity (Wildman–Crippen MR) is 123 cm³/mol. The number of ether oxygens (including phenoxy) is 2. The SMILES string of the molecule is CCOP(=O)(OCC)C(Nc1ccc(C(F)(F)F)cc1I)c1cc(OC)c(O)c(OC)c1. The van der Waals surface area contributed by atoms with E-state index in [0.29, 0.717) is 5.56 Å². The lowest BCUT2D eigenvalue weighted by atomic mass is 10.1. The van der Waals surface area contributed by atoms with E-state index in [-0.39, 0.29) is 39.7 Å². The molecule has 0 aromatic heterocycles. The van der Waals surface area contributed by atoms with Crippen molar-refractivity contribution in [3.05, 3.63) is 45.0 Å². The Labute approximate surface area is 197 Å². The number of methoxy groups -OCH3 is 2. The third kappa shape index (κ3) is 6.00. The van der Waals surface area contributed by atoms with Crippen molar-refractivity contribution in [3.63, 3.8) is 0 Å². The molecule has 2 aromatic rings. The van der Waals surface area contributed by atoms with Crippen LogP contribution in [-0.2, 0) is 19.8 Å². The first kappa shape index (κ1) is 26.6. The molecule has 1 atom stereocenters. The second kappa shape index (κ2) is 11.0. The van der Waals surface area contributed by atoms with E-state index in [9.17, 15) is 22.8 Å². The van der Waals surface area contributed by atoms with Gasteiger partial charge in [-0.25, -0.2) is 0 Å². The Balaban J connectivity index is 2.65. The largest absolute Gasteiger partial charge is 0.502 e. The number of phenolic OH excluding ortho intramolecular Hbond substituents is 1. The number of phenols is 1. The van der Waals surface area contributed by atoms with E-state index < -0.39 is 25.1 Å². The van der Waals surface area contributed by atoms with E-state index >= 15 is 0 Å². The summed E-state index contributed by atoms with van der Waals surface area (Å²) >= 11 is 1.76. The molecule has 1 unspecified atom stereocenters. The van der Waals surface area contributed by atoms with E-state index in [4.69, 9.17) is 18.5 Å². The van der Waals surface area contributed by atoms with Crippen LogP contribution >= 0.6 is 30.2 Å². The van der Waals surface area contributed by atoms with Gasteiger partial charge in [-0.15, -0.1) is 0 Å². The summed E-state index contributed by atoms with van der Waals surface area (Å²) in [5.74, 6) is -1.30. The number of hydrogen-bond acceptors (Lipinski definition) is 7. The van der Waals surface area contributed by atoms with E-state index in [1.54, 1.807) is 36.4 Å². The lowest BCUT2D eigenvalue weighted by Gasteiger charge is -2.29. The first-order chi connectivity index (χ1) is 15.0. The van der Waals surface area contributed by atoms with Gasteiger partial charge in [0.25, 0.3) is 0 Å². The van der Waals surface area contributed by atoms with Crippen LogP contribution in [0.2, 0.25) is 0 Å². The zero-order valence-electron chi connectivity index (χ0n) is 17.8. The lowest BCUT2D eigenvalue weighted by molar-refractivity contribution is -0.137. The molecule has 178 valence electrons. The highest BCUT2D eigenvalue weighted by atomic mass is 127. The number of nitrogens with one attached hydrogen (secondary N) is 1. The molecule has 0 radical (unpaired) electrons. The summed E-state index contributed by atoms with van der Waals surface area (Å²) in [5.41, 5.74) is -0.207. The van der Waals surface area contributed by atoms with Gasteiger partial charge in [0.1, 0.15) is 0 Å². The van der Waals surface area contributed by atoms with E-state index in [2.05, 4.69) is 5.32 Å². The van der Waals surface area contributed by atoms with Crippen molar-refractivity contribution in [1.82, 2.24) is 0 Å². The van der Waals surface area contributed by atoms with Crippen molar-refractivity contribution in [1.29, 1.82) is 0 Å². The van der Waals surface area contributed by atoms with Crippen molar-refractivity contribution in [2.45, 2.75) is 25.8 Å². The number of aromatic hydroxyl groups is 1. The normalized spacial score (nSPS) is 13.0. The molecule has 0 amide bonds. The lowest BCUT2D eigenvalue weighted by Crippen LogP contribution is -2.17. The average molecular weight is 589 g/mol. The smallest absolute Gasteiger partial charge is 0.416 e. The topological polar surface area (TPSA) is 86.3 Å². The van der Waals surface area contributed by atoms with Crippen LogP contribution in [0, 0.1) is 3.57 Å². The van der Waals surface area contributed by atoms with Gasteiger partial charge in [-0.2, -0.15) is 13.2 Å². The summed E-state index contributed by atoms with van der Waals surface area (Å²) in [6.07, 6.45) is -4.50. The van der Waals surface area contributed by atoms with Crippen molar-refractivity contribution in [2.75, 3.05) is 32.8 Å². The molecule has 2 N–H and O–H groups in total. The monoisotopic (exact) mass is 589 g/mol. The maximum atomic E-state index is 13.7. The van der Waals surface area contributed by atoms with Crippen LogP contribution in [0.3, 0.4) is 0 Å². The highest BCUT2D eigenvalue weighted by Gasteiger charge is 2.39. The fourth-order valence-electron chi connectivity index (χ4n) is 2.92. The van der Waals surface area contributed by atoms with Crippen LogP contribution in [-0.4, -0.2) is 32.5 Å². The summed E-state index contributed by atoms with van der Waals surface area (Å²) in [4.78, 5) is 0. The molecule has 12 heteroatoms. The Bertz CT molecular complexity index is 953. The van der Waals surface area contributed by atoms with Gasteiger partial charge in [-0.3, -0.25) is 4.57 Å². The highest BCUT2D eigenvalue weighted by molar-refractivity contribution is 14.1. The second-order valence-corrected chi connectivity index (χ2v) is 9.66. The molecule has 2 rings (SSSR count). The van der Waals surface area contributed by atoms with Crippen molar-refractivity contribution in [3.8, 4) is 17.2 Å². The Morgan fingerprint density at radius 3 is 2.00 bits per heavy atom.